The van der Waals surface area contributed by atoms with Gasteiger partial charge < -0.3 is 28.7 Å². The van der Waals surface area contributed by atoms with Crippen LogP contribution in [0.2, 0.25) is 0 Å². The summed E-state index contributed by atoms with van der Waals surface area (Å²) in [5, 5.41) is 1.64. The number of nitrogens with one attached hydrogen (secondary N) is 1. The zero-order valence-corrected chi connectivity index (χ0v) is 20.8. The summed E-state index contributed by atoms with van der Waals surface area (Å²) in [6.07, 6.45) is 0.247. The minimum Gasteiger partial charge on any atom is -0.459 e. The van der Waals surface area contributed by atoms with Crippen LogP contribution in [0.5, 0.6) is 17.4 Å². The average Bonchev–Trinajstić information content (AvgIpc) is 3.18. The van der Waals surface area contributed by atoms with Crippen LogP contribution in [0.3, 0.4) is 0 Å². The summed E-state index contributed by atoms with van der Waals surface area (Å²) in [4.78, 5) is 31.8. The summed E-state index contributed by atoms with van der Waals surface area (Å²) in [7, 11) is 1.55. The fraction of sp³-hybridized carbons (Fsp3) is 0.296. The van der Waals surface area contributed by atoms with Gasteiger partial charge in [0.15, 0.2) is 0 Å². The molecule has 0 bridgehead atoms. The van der Waals surface area contributed by atoms with Crippen LogP contribution in [0.4, 0.5) is 4.79 Å². The van der Waals surface area contributed by atoms with Gasteiger partial charge in [0.25, 0.3) is 0 Å². The molecule has 9 nitrogen and oxygen atoms in total. The van der Waals surface area contributed by atoms with Crippen molar-refractivity contribution in [3.63, 3.8) is 0 Å². The van der Waals surface area contributed by atoms with E-state index in [0.29, 0.717) is 22.6 Å². The van der Waals surface area contributed by atoms with Crippen LogP contribution >= 0.6 is 0 Å². The lowest BCUT2D eigenvalue weighted by Crippen LogP contribution is -2.17. The van der Waals surface area contributed by atoms with E-state index in [0.717, 1.165) is 21.8 Å². The summed E-state index contributed by atoms with van der Waals surface area (Å²) in [6.45, 7) is 7.24. The number of benzene rings is 2. The molecule has 0 radical (unpaired) electrons. The summed E-state index contributed by atoms with van der Waals surface area (Å²) in [6, 6.07) is 12.3. The van der Waals surface area contributed by atoms with Crippen molar-refractivity contribution < 1.29 is 33.3 Å². The van der Waals surface area contributed by atoms with Crippen LogP contribution in [-0.2, 0) is 20.8 Å². The lowest BCUT2D eigenvalue weighted by Gasteiger charge is -2.12. The first kappa shape index (κ1) is 25.0. The normalized spacial score (nSPS) is 11.3. The number of aromatic nitrogens is 2. The number of H-pyrrole nitrogens is 1. The number of pyridine rings is 1. The third-order valence-corrected chi connectivity index (χ3v) is 5.14. The molecule has 188 valence electrons. The van der Waals surface area contributed by atoms with E-state index < -0.39 is 6.16 Å². The van der Waals surface area contributed by atoms with E-state index in [4.69, 9.17) is 23.7 Å². The van der Waals surface area contributed by atoms with Crippen molar-refractivity contribution in [2.75, 3.05) is 7.11 Å². The number of hydrogen-bond donors (Lipinski definition) is 1. The quantitative estimate of drug-likeness (QED) is 0.292. The Bertz CT molecular complexity index is 1390. The molecule has 0 unspecified atom stereocenters. The van der Waals surface area contributed by atoms with Crippen molar-refractivity contribution in [2.45, 2.75) is 46.5 Å². The first-order valence-corrected chi connectivity index (χ1v) is 11.5. The average molecular weight is 493 g/mol. The third kappa shape index (κ3) is 5.58. The van der Waals surface area contributed by atoms with Crippen LogP contribution in [0.25, 0.3) is 21.8 Å². The zero-order chi connectivity index (χ0) is 25.8. The van der Waals surface area contributed by atoms with Crippen LogP contribution < -0.4 is 9.47 Å². The van der Waals surface area contributed by atoms with Gasteiger partial charge in [-0.25, -0.2) is 14.6 Å². The van der Waals surface area contributed by atoms with Gasteiger partial charge in [0.05, 0.1) is 41.7 Å². The zero-order valence-electron chi connectivity index (χ0n) is 20.8. The predicted molar refractivity (Wildman–Crippen MR) is 134 cm³/mol. The Labute approximate surface area is 208 Å². The van der Waals surface area contributed by atoms with Gasteiger partial charge in [-0.05, 0) is 70.2 Å². The van der Waals surface area contributed by atoms with Crippen molar-refractivity contribution in [1.82, 2.24) is 9.97 Å². The Morgan fingerprint density at radius 3 is 2.28 bits per heavy atom. The molecule has 0 aliphatic carbocycles. The molecule has 0 saturated carbocycles. The molecule has 0 atom stereocenters. The molecule has 2 aromatic carbocycles. The highest BCUT2D eigenvalue weighted by atomic mass is 16.7. The molecule has 0 spiro atoms. The second-order valence-corrected chi connectivity index (χ2v) is 8.70. The van der Waals surface area contributed by atoms with Crippen molar-refractivity contribution in [1.29, 1.82) is 0 Å². The van der Waals surface area contributed by atoms with Crippen molar-refractivity contribution in [3.05, 3.63) is 59.8 Å². The minimum atomic E-state index is -0.834. The van der Waals surface area contributed by atoms with Crippen LogP contribution in [0, 0.1) is 0 Å². The van der Waals surface area contributed by atoms with Crippen LogP contribution in [-0.4, -0.2) is 41.4 Å². The number of methoxy groups -OCH3 is 1. The fourth-order valence-electron chi connectivity index (χ4n) is 3.72. The molecular weight excluding hydrogens is 464 g/mol. The number of rotatable bonds is 8. The van der Waals surface area contributed by atoms with Gasteiger partial charge >= 0.3 is 12.1 Å². The minimum absolute atomic E-state index is 0.117. The Hall–Kier alpha value is -4.11. The second-order valence-electron chi connectivity index (χ2n) is 8.70. The van der Waals surface area contributed by atoms with Gasteiger partial charge in [-0.15, -0.1) is 0 Å². The van der Waals surface area contributed by atoms with Crippen LogP contribution in [0.1, 0.15) is 43.6 Å². The number of carbonyl (C=O) groups excluding carboxylic acids is 2. The Morgan fingerprint density at radius 2 is 1.61 bits per heavy atom. The van der Waals surface area contributed by atoms with E-state index in [2.05, 4.69) is 9.97 Å². The number of fused-ring (bicyclic) bond motifs is 3. The Balaban J connectivity index is 1.67. The van der Waals surface area contributed by atoms with Gasteiger partial charge in [-0.1, -0.05) is 0 Å². The number of aromatic amines is 1. The molecule has 4 rings (SSSR count). The molecule has 0 aliphatic heterocycles. The number of hydrogen-bond acceptors (Lipinski definition) is 8. The largest absolute Gasteiger partial charge is 0.515 e. The number of ether oxygens (including phenoxy) is 5. The van der Waals surface area contributed by atoms with Gasteiger partial charge in [0.1, 0.15) is 11.5 Å². The molecule has 2 aromatic heterocycles. The number of esters is 1. The second kappa shape index (κ2) is 10.7. The van der Waals surface area contributed by atoms with E-state index in [1.54, 1.807) is 65.3 Å². The fourth-order valence-corrected chi connectivity index (χ4v) is 3.72. The molecule has 0 saturated heterocycles. The smallest absolute Gasteiger partial charge is 0.459 e. The van der Waals surface area contributed by atoms with Gasteiger partial charge in [-0.2, -0.15) is 0 Å². The van der Waals surface area contributed by atoms with E-state index in [1.165, 1.54) is 0 Å². The monoisotopic (exact) mass is 492 g/mol. The highest BCUT2D eigenvalue weighted by Crippen LogP contribution is 2.36. The van der Waals surface area contributed by atoms with Crippen molar-refractivity contribution >= 4 is 33.9 Å². The molecule has 2 heterocycles. The summed E-state index contributed by atoms with van der Waals surface area (Å²) in [5.74, 6) is 0.884. The lowest BCUT2D eigenvalue weighted by molar-refractivity contribution is 0.0377. The Kier molecular flexibility index (Phi) is 7.40. The first-order chi connectivity index (χ1) is 17.2. The molecule has 0 aliphatic rings. The summed E-state index contributed by atoms with van der Waals surface area (Å²) >= 11 is 0. The van der Waals surface area contributed by atoms with E-state index >= 15 is 0 Å². The van der Waals surface area contributed by atoms with Gasteiger partial charge in [-0.3, -0.25) is 0 Å². The molecule has 36 heavy (non-hydrogen) atoms. The predicted octanol–water partition coefficient (Wildman–Crippen LogP) is 6.14. The molecule has 1 N–H and O–H groups in total. The van der Waals surface area contributed by atoms with Crippen molar-refractivity contribution in [3.8, 4) is 17.4 Å². The van der Waals surface area contributed by atoms with E-state index in [-0.39, 0.29) is 30.7 Å². The maximum Gasteiger partial charge on any atom is 0.515 e. The molecule has 9 heteroatoms. The SMILES string of the molecule is COCc1c(OC(=O)OC(C)C)ncc2[nH]c3ccc(Oc4ccc(C(=O)OC(C)C)cc4)cc3c12. The van der Waals surface area contributed by atoms with Gasteiger partial charge in [0, 0.05) is 23.4 Å². The van der Waals surface area contributed by atoms with Gasteiger partial charge in [0.2, 0.25) is 5.88 Å². The first-order valence-electron chi connectivity index (χ1n) is 11.5. The topological polar surface area (TPSA) is 109 Å². The maximum absolute atomic E-state index is 12.1. The lowest BCUT2D eigenvalue weighted by atomic mass is 10.1. The standard InChI is InChI=1S/C27H28N2O7/c1-15(2)33-26(30)17-6-8-18(9-7-17)35-19-10-11-22-20(12-19)24-21(14-32-5)25(28-13-23(24)29-22)36-27(31)34-16(3)4/h6-13,15-16,29H,14H2,1-5H3. The highest BCUT2D eigenvalue weighted by molar-refractivity contribution is 6.09. The van der Waals surface area contributed by atoms with Crippen LogP contribution in [0.15, 0.2) is 48.7 Å². The molecular formula is C27H28N2O7. The molecule has 0 amide bonds. The molecule has 4 aromatic rings. The maximum atomic E-state index is 12.1. The summed E-state index contributed by atoms with van der Waals surface area (Å²) in [5.41, 5.74) is 2.66. The summed E-state index contributed by atoms with van der Waals surface area (Å²) < 4.78 is 27.1. The van der Waals surface area contributed by atoms with E-state index in [1.807, 2.05) is 18.2 Å². The Morgan fingerprint density at radius 1 is 0.917 bits per heavy atom. The molecule has 0 fully saturated rings. The number of nitrogens with zero attached hydrogens (tertiary/aromatic N) is 1. The number of carbonyl (C=O) groups is 2. The van der Waals surface area contributed by atoms with E-state index in [9.17, 15) is 9.59 Å². The highest BCUT2D eigenvalue weighted by Gasteiger charge is 2.19. The third-order valence-electron chi connectivity index (χ3n) is 5.14. The van der Waals surface area contributed by atoms with Crippen molar-refractivity contribution in [2.24, 2.45) is 0 Å².